The van der Waals surface area contributed by atoms with Gasteiger partial charge in [0.05, 0.1) is 29.4 Å². The lowest BCUT2D eigenvalue weighted by Gasteiger charge is -2.50. The second-order valence-corrected chi connectivity index (χ2v) is 10.6. The molecule has 2 aliphatic carbocycles. The molecule has 2 N–H and O–H groups in total. The van der Waals surface area contributed by atoms with Crippen molar-refractivity contribution in [1.29, 1.82) is 0 Å². The summed E-state index contributed by atoms with van der Waals surface area (Å²) >= 11 is 0. The third-order valence-electron chi connectivity index (χ3n) is 7.94. The molecule has 4 aromatic rings. The molecule has 0 bridgehead atoms. The number of ether oxygens (including phenoxy) is 1. The lowest BCUT2D eigenvalue weighted by atomic mass is 9.65. The number of carbonyl (C=O) groups excluding carboxylic acids is 1. The number of carbonyl (C=O) groups is 1. The maximum Gasteiger partial charge on any atom is 0.259 e. The molecule has 1 saturated heterocycles. The predicted octanol–water partition coefficient (Wildman–Crippen LogP) is 3.82. The largest absolute Gasteiger partial charge is 0.490 e. The molecular formula is C26H29N7O2. The summed E-state index contributed by atoms with van der Waals surface area (Å²) in [5.41, 5.74) is 3.04. The Hall–Kier alpha value is -3.46. The summed E-state index contributed by atoms with van der Waals surface area (Å²) in [7, 11) is 0. The van der Waals surface area contributed by atoms with Crippen molar-refractivity contribution in [2.75, 3.05) is 18.4 Å². The molecule has 0 unspecified atom stereocenters. The Morgan fingerprint density at radius 3 is 2.91 bits per heavy atom. The van der Waals surface area contributed by atoms with Gasteiger partial charge in [-0.1, -0.05) is 6.92 Å². The lowest BCUT2D eigenvalue weighted by Crippen LogP contribution is -2.56. The van der Waals surface area contributed by atoms with Crippen LogP contribution in [0.4, 0.5) is 5.69 Å². The van der Waals surface area contributed by atoms with Crippen LogP contribution < -0.4 is 15.4 Å². The van der Waals surface area contributed by atoms with Crippen molar-refractivity contribution in [1.82, 2.24) is 29.7 Å². The molecule has 1 aliphatic heterocycles. The Morgan fingerprint density at radius 2 is 2.14 bits per heavy atom. The molecule has 2 atom stereocenters. The van der Waals surface area contributed by atoms with Crippen molar-refractivity contribution in [2.45, 2.75) is 51.2 Å². The molecule has 180 valence electrons. The van der Waals surface area contributed by atoms with Crippen LogP contribution in [-0.4, -0.2) is 49.5 Å². The van der Waals surface area contributed by atoms with Crippen LogP contribution in [0.1, 0.15) is 55.4 Å². The average molecular weight is 472 g/mol. The summed E-state index contributed by atoms with van der Waals surface area (Å²) in [4.78, 5) is 17.7. The van der Waals surface area contributed by atoms with E-state index in [4.69, 9.17) is 9.84 Å². The zero-order valence-corrected chi connectivity index (χ0v) is 19.8. The van der Waals surface area contributed by atoms with Crippen molar-refractivity contribution in [3.05, 3.63) is 48.5 Å². The number of hydrogen-bond acceptors (Lipinski definition) is 6. The van der Waals surface area contributed by atoms with Crippen molar-refractivity contribution in [3.8, 4) is 5.75 Å². The average Bonchev–Trinajstić information content (AvgIpc) is 3.41. The first-order valence-corrected chi connectivity index (χ1v) is 12.6. The van der Waals surface area contributed by atoms with E-state index in [1.165, 1.54) is 12.8 Å². The minimum Gasteiger partial charge on any atom is -0.490 e. The van der Waals surface area contributed by atoms with E-state index in [0.29, 0.717) is 40.0 Å². The molecule has 2 saturated carbocycles. The van der Waals surface area contributed by atoms with Crippen molar-refractivity contribution >= 4 is 28.1 Å². The van der Waals surface area contributed by atoms with Gasteiger partial charge in [-0.05, 0) is 55.6 Å². The number of rotatable bonds is 5. The first kappa shape index (κ1) is 20.9. The van der Waals surface area contributed by atoms with Gasteiger partial charge in [-0.15, -0.1) is 0 Å². The van der Waals surface area contributed by atoms with Gasteiger partial charge in [0.15, 0.2) is 5.65 Å². The quantitative estimate of drug-likeness (QED) is 0.459. The van der Waals surface area contributed by atoms with Gasteiger partial charge in [-0.25, -0.2) is 9.50 Å². The highest BCUT2D eigenvalue weighted by Crippen LogP contribution is 2.46. The number of fused-ring (bicyclic) bond motifs is 2. The molecule has 4 heterocycles. The van der Waals surface area contributed by atoms with E-state index in [-0.39, 0.29) is 12.0 Å². The van der Waals surface area contributed by atoms with Crippen molar-refractivity contribution in [2.24, 2.45) is 11.3 Å². The third-order valence-corrected chi connectivity index (χ3v) is 7.94. The molecular weight excluding hydrogens is 442 g/mol. The Bertz CT molecular complexity index is 1430. The van der Waals surface area contributed by atoms with Gasteiger partial charge < -0.3 is 15.4 Å². The molecule has 3 aromatic heterocycles. The molecule has 35 heavy (non-hydrogen) atoms. The first-order chi connectivity index (χ1) is 17.1. The van der Waals surface area contributed by atoms with E-state index < -0.39 is 0 Å². The van der Waals surface area contributed by atoms with E-state index in [9.17, 15) is 4.79 Å². The van der Waals surface area contributed by atoms with Crippen LogP contribution in [0.25, 0.3) is 16.6 Å². The van der Waals surface area contributed by atoms with Gasteiger partial charge in [0, 0.05) is 43.1 Å². The van der Waals surface area contributed by atoms with Crippen molar-refractivity contribution in [3.63, 3.8) is 0 Å². The Kier molecular flexibility index (Phi) is 4.64. The summed E-state index contributed by atoms with van der Waals surface area (Å²) in [5, 5.41) is 16.6. The molecule has 1 aromatic carbocycles. The van der Waals surface area contributed by atoms with Gasteiger partial charge in [-0.2, -0.15) is 10.2 Å². The monoisotopic (exact) mass is 471 g/mol. The number of benzene rings is 1. The van der Waals surface area contributed by atoms with Crippen LogP contribution in [0.3, 0.4) is 0 Å². The van der Waals surface area contributed by atoms with E-state index >= 15 is 0 Å². The second-order valence-electron chi connectivity index (χ2n) is 10.6. The smallest absolute Gasteiger partial charge is 0.259 e. The summed E-state index contributed by atoms with van der Waals surface area (Å²) in [6.07, 6.45) is 13.0. The fourth-order valence-corrected chi connectivity index (χ4v) is 5.84. The number of nitrogens with zero attached hydrogens (tertiary/aromatic N) is 5. The molecule has 0 radical (unpaired) electrons. The molecule has 3 aliphatic rings. The number of hydrogen-bond donors (Lipinski definition) is 2. The van der Waals surface area contributed by atoms with Gasteiger partial charge in [0.25, 0.3) is 5.91 Å². The number of nitrogens with one attached hydrogen (secondary N) is 2. The minimum absolute atomic E-state index is 0.172. The summed E-state index contributed by atoms with van der Waals surface area (Å²) in [6.45, 7) is 4.64. The SMILES string of the molecule is C[C@H]1CC2(CC[C@H]1n1cc3cc(C(=O)Nc4cnn5cccnc45)c(OC4CC4)cc3n1)CNC2. The summed E-state index contributed by atoms with van der Waals surface area (Å²) < 4.78 is 9.93. The highest BCUT2D eigenvalue weighted by Gasteiger charge is 2.43. The van der Waals surface area contributed by atoms with E-state index in [2.05, 4.69) is 38.5 Å². The number of anilines is 1. The molecule has 9 heteroatoms. The fourth-order valence-electron chi connectivity index (χ4n) is 5.84. The van der Waals surface area contributed by atoms with Gasteiger partial charge in [0.1, 0.15) is 11.4 Å². The van der Waals surface area contributed by atoms with Crippen LogP contribution in [0.2, 0.25) is 0 Å². The summed E-state index contributed by atoms with van der Waals surface area (Å²) in [6, 6.07) is 6.02. The lowest BCUT2D eigenvalue weighted by molar-refractivity contribution is 0.0452. The Morgan fingerprint density at radius 1 is 1.26 bits per heavy atom. The fraction of sp³-hybridized carbons (Fsp3) is 0.462. The standard InChI is InChI=1S/C26H29N7O2/c1-16-11-26(14-27-15-26)6-5-22(16)33-13-17-9-19(23(10-20(17)31-33)35-18-3-4-18)25(34)30-21-12-29-32-8-2-7-28-24(21)32/h2,7-10,12-13,16,18,22,27H,3-6,11,14-15H2,1H3,(H,30,34)/t16-,22+/m0/s1. The topological polar surface area (TPSA) is 98.4 Å². The molecule has 7 rings (SSSR count). The zero-order chi connectivity index (χ0) is 23.6. The van der Waals surface area contributed by atoms with Crippen LogP contribution in [0.15, 0.2) is 43.0 Å². The summed E-state index contributed by atoms with van der Waals surface area (Å²) in [5.74, 6) is 0.915. The van der Waals surface area contributed by atoms with Gasteiger partial charge in [-0.3, -0.25) is 9.48 Å². The predicted molar refractivity (Wildman–Crippen MR) is 132 cm³/mol. The Labute approximate surface area is 202 Å². The minimum atomic E-state index is -0.235. The van der Waals surface area contributed by atoms with Gasteiger partial charge in [0.2, 0.25) is 0 Å². The van der Waals surface area contributed by atoms with Crippen LogP contribution in [0.5, 0.6) is 5.75 Å². The maximum atomic E-state index is 13.4. The van der Waals surface area contributed by atoms with E-state index in [1.54, 1.807) is 29.2 Å². The van der Waals surface area contributed by atoms with Crippen LogP contribution in [-0.2, 0) is 0 Å². The van der Waals surface area contributed by atoms with E-state index in [1.807, 2.05) is 12.1 Å². The number of amides is 1. The van der Waals surface area contributed by atoms with Crippen LogP contribution in [0, 0.1) is 11.3 Å². The molecule has 1 spiro atoms. The number of aromatic nitrogens is 5. The molecule has 1 amide bonds. The third kappa shape index (κ3) is 3.65. The first-order valence-electron chi connectivity index (χ1n) is 12.6. The highest BCUT2D eigenvalue weighted by molar-refractivity contribution is 6.09. The normalized spacial score (nSPS) is 23.5. The molecule has 3 fully saturated rings. The molecule has 9 nitrogen and oxygen atoms in total. The van der Waals surface area contributed by atoms with Crippen molar-refractivity contribution < 1.29 is 9.53 Å². The van der Waals surface area contributed by atoms with E-state index in [0.717, 1.165) is 43.3 Å². The zero-order valence-electron chi connectivity index (χ0n) is 19.8. The van der Waals surface area contributed by atoms with Crippen LogP contribution >= 0.6 is 0 Å². The maximum absolute atomic E-state index is 13.4. The second kappa shape index (κ2) is 7.78. The van der Waals surface area contributed by atoms with Gasteiger partial charge >= 0.3 is 0 Å². The highest BCUT2D eigenvalue weighted by atomic mass is 16.5. The Balaban J connectivity index is 1.21.